The van der Waals surface area contributed by atoms with Crippen molar-refractivity contribution in [3.8, 4) is 0 Å². The zero-order valence-electron chi connectivity index (χ0n) is 11.0. The molecule has 1 aliphatic rings. The summed E-state index contributed by atoms with van der Waals surface area (Å²) in [4.78, 5) is 0. The highest BCUT2D eigenvalue weighted by atomic mass is 16.5. The zero-order valence-corrected chi connectivity index (χ0v) is 11.0. The monoisotopic (exact) mass is 229 g/mol. The molecule has 0 radical (unpaired) electrons. The molecule has 2 unspecified atom stereocenters. The van der Waals surface area contributed by atoms with Crippen LogP contribution in [0.1, 0.15) is 39.5 Å². The molecule has 0 amide bonds. The van der Waals surface area contributed by atoms with Crippen LogP contribution in [0.25, 0.3) is 0 Å². The number of hydrogen-bond acceptors (Lipinski definition) is 3. The normalized spacial score (nSPS) is 21.9. The number of rotatable bonds is 7. The molecule has 0 aromatic rings. The second-order valence-electron chi connectivity index (χ2n) is 5.04. The molecule has 1 saturated heterocycles. The van der Waals surface area contributed by atoms with E-state index in [1.165, 1.54) is 19.3 Å². The summed E-state index contributed by atoms with van der Waals surface area (Å²) in [6.45, 7) is 7.28. The zero-order chi connectivity index (χ0) is 11.8. The lowest BCUT2D eigenvalue weighted by Crippen LogP contribution is -2.37. The lowest BCUT2D eigenvalue weighted by atomic mass is 9.93. The van der Waals surface area contributed by atoms with Crippen LogP contribution in [0.15, 0.2) is 0 Å². The van der Waals surface area contributed by atoms with Gasteiger partial charge in [0.05, 0.1) is 0 Å². The molecule has 1 aliphatic heterocycles. The third kappa shape index (κ3) is 5.83. The van der Waals surface area contributed by atoms with Crippen molar-refractivity contribution in [2.45, 2.75) is 51.6 Å². The minimum absolute atomic E-state index is 0.551. The Balaban J connectivity index is 2.11. The molecule has 3 heteroatoms. The van der Waals surface area contributed by atoms with Gasteiger partial charge in [-0.25, -0.2) is 0 Å². The Hall–Kier alpha value is -0.120. The lowest BCUT2D eigenvalue weighted by molar-refractivity contribution is 0.0606. The van der Waals surface area contributed by atoms with Crippen LogP contribution in [-0.4, -0.2) is 39.0 Å². The van der Waals surface area contributed by atoms with Gasteiger partial charge in [0.2, 0.25) is 0 Å². The van der Waals surface area contributed by atoms with E-state index >= 15 is 0 Å². The van der Waals surface area contributed by atoms with Crippen molar-refractivity contribution in [3.63, 3.8) is 0 Å². The second-order valence-corrected chi connectivity index (χ2v) is 5.04. The Kier molecular flexibility index (Phi) is 7.01. The fourth-order valence-corrected chi connectivity index (χ4v) is 2.41. The van der Waals surface area contributed by atoms with Gasteiger partial charge in [-0.1, -0.05) is 0 Å². The molecular formula is C13H27NO2. The van der Waals surface area contributed by atoms with Crippen molar-refractivity contribution in [2.24, 2.45) is 5.92 Å². The van der Waals surface area contributed by atoms with E-state index in [1.54, 1.807) is 7.11 Å². The van der Waals surface area contributed by atoms with E-state index in [0.717, 1.165) is 32.2 Å². The average molecular weight is 229 g/mol. The SMILES string of the molecule is COCCC(C)NC(C)CC1CCOCC1. The van der Waals surface area contributed by atoms with Crippen LogP contribution in [-0.2, 0) is 9.47 Å². The van der Waals surface area contributed by atoms with E-state index in [4.69, 9.17) is 9.47 Å². The van der Waals surface area contributed by atoms with Gasteiger partial charge in [-0.05, 0) is 45.4 Å². The summed E-state index contributed by atoms with van der Waals surface area (Å²) in [5, 5.41) is 3.64. The van der Waals surface area contributed by atoms with Gasteiger partial charge in [-0.15, -0.1) is 0 Å². The van der Waals surface area contributed by atoms with Crippen molar-refractivity contribution < 1.29 is 9.47 Å². The van der Waals surface area contributed by atoms with Gasteiger partial charge in [-0.3, -0.25) is 0 Å². The van der Waals surface area contributed by atoms with Gasteiger partial charge in [0.15, 0.2) is 0 Å². The van der Waals surface area contributed by atoms with Gasteiger partial charge in [0, 0.05) is 39.0 Å². The Morgan fingerprint density at radius 2 is 1.94 bits per heavy atom. The van der Waals surface area contributed by atoms with Crippen LogP contribution < -0.4 is 5.32 Å². The molecule has 0 saturated carbocycles. The highest BCUT2D eigenvalue weighted by molar-refractivity contribution is 4.73. The van der Waals surface area contributed by atoms with E-state index in [0.29, 0.717) is 12.1 Å². The number of ether oxygens (including phenoxy) is 2. The number of methoxy groups -OCH3 is 1. The van der Waals surface area contributed by atoms with E-state index in [-0.39, 0.29) is 0 Å². The molecular weight excluding hydrogens is 202 g/mol. The predicted molar refractivity (Wildman–Crippen MR) is 66.7 cm³/mol. The van der Waals surface area contributed by atoms with Crippen LogP contribution in [0.3, 0.4) is 0 Å². The topological polar surface area (TPSA) is 30.5 Å². The van der Waals surface area contributed by atoms with Gasteiger partial charge >= 0.3 is 0 Å². The first kappa shape index (κ1) is 13.9. The maximum absolute atomic E-state index is 5.38. The minimum atomic E-state index is 0.551. The molecule has 1 heterocycles. The highest BCUT2D eigenvalue weighted by Gasteiger charge is 2.17. The first-order valence-corrected chi connectivity index (χ1v) is 6.55. The third-order valence-corrected chi connectivity index (χ3v) is 3.35. The molecule has 1 fully saturated rings. The van der Waals surface area contributed by atoms with Crippen molar-refractivity contribution in [1.29, 1.82) is 0 Å². The van der Waals surface area contributed by atoms with Crippen LogP contribution in [0, 0.1) is 5.92 Å². The van der Waals surface area contributed by atoms with Crippen molar-refractivity contribution in [1.82, 2.24) is 5.32 Å². The van der Waals surface area contributed by atoms with E-state index in [9.17, 15) is 0 Å². The Labute approximate surface area is 99.9 Å². The van der Waals surface area contributed by atoms with Crippen molar-refractivity contribution in [3.05, 3.63) is 0 Å². The summed E-state index contributed by atoms with van der Waals surface area (Å²) >= 11 is 0. The van der Waals surface area contributed by atoms with Gasteiger partial charge in [0.25, 0.3) is 0 Å². The third-order valence-electron chi connectivity index (χ3n) is 3.35. The first-order valence-electron chi connectivity index (χ1n) is 6.55. The molecule has 96 valence electrons. The smallest absolute Gasteiger partial charge is 0.0476 e. The summed E-state index contributed by atoms with van der Waals surface area (Å²) in [6, 6.07) is 1.16. The molecule has 0 spiro atoms. The Morgan fingerprint density at radius 3 is 2.56 bits per heavy atom. The van der Waals surface area contributed by atoms with E-state index < -0.39 is 0 Å². The quantitative estimate of drug-likeness (QED) is 0.726. The Morgan fingerprint density at radius 1 is 1.25 bits per heavy atom. The summed E-state index contributed by atoms with van der Waals surface area (Å²) in [5.41, 5.74) is 0. The fourth-order valence-electron chi connectivity index (χ4n) is 2.41. The first-order chi connectivity index (χ1) is 7.72. The average Bonchev–Trinajstić information content (AvgIpc) is 2.27. The van der Waals surface area contributed by atoms with Crippen LogP contribution in [0.5, 0.6) is 0 Å². The molecule has 0 aromatic carbocycles. The molecule has 1 rings (SSSR count). The summed E-state index contributed by atoms with van der Waals surface area (Å²) < 4.78 is 10.5. The van der Waals surface area contributed by atoms with Gasteiger partial charge in [-0.2, -0.15) is 0 Å². The second kappa shape index (κ2) is 8.04. The largest absolute Gasteiger partial charge is 0.385 e. The summed E-state index contributed by atoms with van der Waals surface area (Å²) in [6.07, 6.45) is 4.84. The highest BCUT2D eigenvalue weighted by Crippen LogP contribution is 2.20. The van der Waals surface area contributed by atoms with E-state index in [2.05, 4.69) is 19.2 Å². The van der Waals surface area contributed by atoms with Crippen LogP contribution >= 0.6 is 0 Å². The van der Waals surface area contributed by atoms with Gasteiger partial charge < -0.3 is 14.8 Å². The molecule has 16 heavy (non-hydrogen) atoms. The minimum Gasteiger partial charge on any atom is -0.385 e. The predicted octanol–water partition coefficient (Wildman–Crippen LogP) is 2.21. The molecule has 0 aliphatic carbocycles. The van der Waals surface area contributed by atoms with Crippen LogP contribution in [0.2, 0.25) is 0 Å². The summed E-state index contributed by atoms with van der Waals surface area (Å²) in [7, 11) is 1.76. The maximum Gasteiger partial charge on any atom is 0.0476 e. The molecule has 3 nitrogen and oxygen atoms in total. The molecule has 0 bridgehead atoms. The fraction of sp³-hybridized carbons (Fsp3) is 1.00. The Bertz CT molecular complexity index is 169. The lowest BCUT2D eigenvalue weighted by Gasteiger charge is -2.27. The van der Waals surface area contributed by atoms with Crippen molar-refractivity contribution in [2.75, 3.05) is 26.9 Å². The number of nitrogens with one attached hydrogen (secondary N) is 1. The molecule has 2 atom stereocenters. The molecule has 1 N–H and O–H groups in total. The van der Waals surface area contributed by atoms with E-state index in [1.807, 2.05) is 0 Å². The standard InChI is InChI=1S/C13H27NO2/c1-11(4-7-15-3)14-12(2)10-13-5-8-16-9-6-13/h11-14H,4-10H2,1-3H3. The molecule has 0 aromatic heterocycles. The van der Waals surface area contributed by atoms with Gasteiger partial charge in [0.1, 0.15) is 0 Å². The van der Waals surface area contributed by atoms with Crippen molar-refractivity contribution >= 4 is 0 Å². The summed E-state index contributed by atoms with van der Waals surface area (Å²) in [5.74, 6) is 0.853. The maximum atomic E-state index is 5.38. The van der Waals surface area contributed by atoms with Crippen LogP contribution in [0.4, 0.5) is 0 Å². The number of hydrogen-bond donors (Lipinski definition) is 1.